The lowest BCUT2D eigenvalue weighted by atomic mass is 10.1. The topological polar surface area (TPSA) is 67.6 Å². The van der Waals surface area contributed by atoms with Crippen molar-refractivity contribution in [2.24, 2.45) is 0 Å². The molecule has 3 N–H and O–H groups in total. The SMILES string of the molecule is COc1c(N)cccc1C(=O)Nc1ccc(N(C)C)cc1. The molecule has 21 heavy (non-hydrogen) atoms. The zero-order valence-corrected chi connectivity index (χ0v) is 12.4. The maximum absolute atomic E-state index is 12.3. The predicted molar refractivity (Wildman–Crippen MR) is 86.1 cm³/mol. The van der Waals surface area contributed by atoms with Crippen molar-refractivity contribution in [2.45, 2.75) is 0 Å². The van der Waals surface area contributed by atoms with Crippen LogP contribution >= 0.6 is 0 Å². The highest BCUT2D eigenvalue weighted by atomic mass is 16.5. The third-order valence-corrected chi connectivity index (χ3v) is 3.14. The number of amides is 1. The number of carbonyl (C=O) groups excluding carboxylic acids is 1. The number of benzene rings is 2. The van der Waals surface area contributed by atoms with Crippen molar-refractivity contribution in [3.63, 3.8) is 0 Å². The van der Waals surface area contributed by atoms with Crippen LogP contribution in [0.4, 0.5) is 17.1 Å². The molecule has 0 bridgehead atoms. The second kappa shape index (κ2) is 6.17. The molecule has 0 spiro atoms. The van der Waals surface area contributed by atoms with Crippen molar-refractivity contribution in [2.75, 3.05) is 37.2 Å². The predicted octanol–water partition coefficient (Wildman–Crippen LogP) is 2.60. The van der Waals surface area contributed by atoms with E-state index in [9.17, 15) is 4.79 Å². The molecule has 0 unspecified atom stereocenters. The number of nitrogens with two attached hydrogens (primary N) is 1. The van der Waals surface area contributed by atoms with Gasteiger partial charge in [-0.05, 0) is 36.4 Å². The zero-order valence-electron chi connectivity index (χ0n) is 12.4. The lowest BCUT2D eigenvalue weighted by Gasteiger charge is -2.14. The number of nitrogens with one attached hydrogen (secondary N) is 1. The fraction of sp³-hybridized carbons (Fsp3) is 0.188. The Balaban J connectivity index is 2.20. The Morgan fingerprint density at radius 3 is 2.38 bits per heavy atom. The van der Waals surface area contributed by atoms with Gasteiger partial charge in [0.2, 0.25) is 0 Å². The molecule has 0 heterocycles. The van der Waals surface area contributed by atoms with Crippen molar-refractivity contribution in [1.82, 2.24) is 0 Å². The highest BCUT2D eigenvalue weighted by Gasteiger charge is 2.14. The number of ether oxygens (including phenoxy) is 1. The summed E-state index contributed by atoms with van der Waals surface area (Å²) >= 11 is 0. The standard InChI is InChI=1S/C16H19N3O2/c1-19(2)12-9-7-11(8-10-12)18-16(20)13-5-4-6-14(17)15(13)21-3/h4-10H,17H2,1-3H3,(H,18,20). The molecule has 0 saturated carbocycles. The average molecular weight is 285 g/mol. The van der Waals surface area contributed by atoms with Crippen molar-refractivity contribution >= 4 is 23.0 Å². The van der Waals surface area contributed by atoms with Gasteiger partial charge in [0.05, 0.1) is 18.4 Å². The van der Waals surface area contributed by atoms with E-state index in [1.165, 1.54) is 7.11 Å². The Hall–Kier alpha value is -2.69. The first-order chi connectivity index (χ1) is 10.0. The van der Waals surface area contributed by atoms with Gasteiger partial charge in [0.15, 0.2) is 5.75 Å². The molecule has 1 amide bonds. The van der Waals surface area contributed by atoms with E-state index >= 15 is 0 Å². The molecular formula is C16H19N3O2. The van der Waals surface area contributed by atoms with Crippen molar-refractivity contribution in [3.05, 3.63) is 48.0 Å². The molecule has 2 rings (SSSR count). The number of hydrogen-bond donors (Lipinski definition) is 2. The summed E-state index contributed by atoms with van der Waals surface area (Å²) in [6.07, 6.45) is 0. The second-order valence-electron chi connectivity index (χ2n) is 4.82. The molecule has 5 nitrogen and oxygen atoms in total. The Kier molecular flexibility index (Phi) is 4.33. The monoisotopic (exact) mass is 285 g/mol. The van der Waals surface area contributed by atoms with Gasteiger partial charge in [0.1, 0.15) is 0 Å². The molecule has 5 heteroatoms. The van der Waals surface area contributed by atoms with Crippen LogP contribution in [-0.2, 0) is 0 Å². The summed E-state index contributed by atoms with van der Waals surface area (Å²) in [6.45, 7) is 0. The summed E-state index contributed by atoms with van der Waals surface area (Å²) < 4.78 is 5.19. The number of rotatable bonds is 4. The number of nitrogen functional groups attached to an aromatic ring is 1. The summed E-state index contributed by atoms with van der Waals surface area (Å²) in [6, 6.07) is 12.7. The Bertz CT molecular complexity index is 636. The number of methoxy groups -OCH3 is 1. The van der Waals surface area contributed by atoms with Crippen LogP contribution < -0.4 is 20.7 Å². The van der Waals surface area contributed by atoms with Crippen LogP contribution in [0.25, 0.3) is 0 Å². The van der Waals surface area contributed by atoms with Crippen LogP contribution in [0.1, 0.15) is 10.4 Å². The quantitative estimate of drug-likeness (QED) is 0.847. The van der Waals surface area contributed by atoms with E-state index in [0.29, 0.717) is 17.0 Å². The van der Waals surface area contributed by atoms with Crippen molar-refractivity contribution in [3.8, 4) is 5.75 Å². The highest BCUT2D eigenvalue weighted by Crippen LogP contribution is 2.26. The van der Waals surface area contributed by atoms with Gasteiger partial charge in [-0.3, -0.25) is 4.79 Å². The Labute approximate surface area is 124 Å². The smallest absolute Gasteiger partial charge is 0.259 e. The van der Waals surface area contributed by atoms with Gasteiger partial charge in [-0.1, -0.05) is 6.07 Å². The summed E-state index contributed by atoms with van der Waals surface area (Å²) in [5, 5.41) is 2.83. The van der Waals surface area contributed by atoms with E-state index < -0.39 is 0 Å². The molecule has 2 aromatic rings. The first-order valence-electron chi connectivity index (χ1n) is 6.54. The number of nitrogens with zero attached hydrogens (tertiary/aromatic N) is 1. The minimum atomic E-state index is -0.253. The van der Waals surface area contributed by atoms with E-state index in [-0.39, 0.29) is 5.91 Å². The van der Waals surface area contributed by atoms with E-state index in [1.54, 1.807) is 18.2 Å². The van der Waals surface area contributed by atoms with E-state index in [0.717, 1.165) is 11.4 Å². The number of anilines is 3. The van der Waals surface area contributed by atoms with Crippen LogP contribution in [0.5, 0.6) is 5.75 Å². The molecule has 0 aromatic heterocycles. The molecule has 0 saturated heterocycles. The van der Waals surface area contributed by atoms with Gasteiger partial charge >= 0.3 is 0 Å². The average Bonchev–Trinajstić information content (AvgIpc) is 2.47. The molecular weight excluding hydrogens is 266 g/mol. The maximum atomic E-state index is 12.3. The normalized spacial score (nSPS) is 10.0. The van der Waals surface area contributed by atoms with E-state index in [4.69, 9.17) is 10.5 Å². The number of carbonyl (C=O) groups is 1. The third kappa shape index (κ3) is 3.25. The first kappa shape index (κ1) is 14.7. The zero-order chi connectivity index (χ0) is 15.4. The molecule has 110 valence electrons. The molecule has 0 aliphatic carbocycles. The molecule has 0 atom stereocenters. The largest absolute Gasteiger partial charge is 0.494 e. The van der Waals surface area contributed by atoms with Gasteiger partial charge in [-0.25, -0.2) is 0 Å². The third-order valence-electron chi connectivity index (χ3n) is 3.14. The lowest BCUT2D eigenvalue weighted by molar-refractivity contribution is 0.102. The van der Waals surface area contributed by atoms with Crippen LogP contribution in [-0.4, -0.2) is 27.1 Å². The van der Waals surface area contributed by atoms with Gasteiger partial charge in [-0.15, -0.1) is 0 Å². The van der Waals surface area contributed by atoms with Crippen LogP contribution in [0.2, 0.25) is 0 Å². The minimum absolute atomic E-state index is 0.253. The Morgan fingerprint density at radius 1 is 1.14 bits per heavy atom. The summed E-state index contributed by atoms with van der Waals surface area (Å²) in [5.41, 5.74) is 8.44. The van der Waals surface area contributed by atoms with E-state index in [2.05, 4.69) is 5.32 Å². The lowest BCUT2D eigenvalue weighted by Crippen LogP contribution is -2.14. The summed E-state index contributed by atoms with van der Waals surface area (Å²) in [5.74, 6) is 0.136. The number of para-hydroxylation sites is 1. The van der Waals surface area contributed by atoms with Gasteiger partial charge in [0, 0.05) is 25.5 Å². The number of hydrogen-bond acceptors (Lipinski definition) is 4. The fourth-order valence-electron chi connectivity index (χ4n) is 2.00. The van der Waals surface area contributed by atoms with Crippen molar-refractivity contribution in [1.29, 1.82) is 0 Å². The molecule has 0 fully saturated rings. The molecule has 0 radical (unpaired) electrons. The van der Waals surface area contributed by atoms with Crippen molar-refractivity contribution < 1.29 is 9.53 Å². The molecule has 2 aromatic carbocycles. The van der Waals surface area contributed by atoms with E-state index in [1.807, 2.05) is 43.3 Å². The summed E-state index contributed by atoms with van der Waals surface area (Å²) in [4.78, 5) is 14.3. The summed E-state index contributed by atoms with van der Waals surface area (Å²) in [7, 11) is 5.42. The maximum Gasteiger partial charge on any atom is 0.259 e. The van der Waals surface area contributed by atoms with Gasteiger partial charge in [-0.2, -0.15) is 0 Å². The molecule has 0 aliphatic rings. The Morgan fingerprint density at radius 2 is 1.81 bits per heavy atom. The highest BCUT2D eigenvalue weighted by molar-refractivity contribution is 6.07. The second-order valence-corrected chi connectivity index (χ2v) is 4.82. The molecule has 0 aliphatic heterocycles. The van der Waals surface area contributed by atoms with Crippen LogP contribution in [0, 0.1) is 0 Å². The fourth-order valence-corrected chi connectivity index (χ4v) is 2.00. The van der Waals surface area contributed by atoms with Crippen LogP contribution in [0.15, 0.2) is 42.5 Å². The van der Waals surface area contributed by atoms with Crippen LogP contribution in [0.3, 0.4) is 0 Å². The minimum Gasteiger partial charge on any atom is -0.494 e. The van der Waals surface area contributed by atoms with Gasteiger partial charge < -0.3 is 20.7 Å². The first-order valence-corrected chi connectivity index (χ1v) is 6.54. The van der Waals surface area contributed by atoms with Gasteiger partial charge in [0.25, 0.3) is 5.91 Å².